The fourth-order valence-corrected chi connectivity index (χ4v) is 4.59. The molecule has 0 amide bonds. The summed E-state index contributed by atoms with van der Waals surface area (Å²) in [4.78, 5) is 0.301. The molecule has 1 aromatic heterocycles. The van der Waals surface area contributed by atoms with Crippen LogP contribution in [0.15, 0.2) is 59.5 Å². The van der Waals surface area contributed by atoms with Gasteiger partial charge in [-0.2, -0.15) is 0 Å². The lowest BCUT2D eigenvalue weighted by Gasteiger charge is -2.10. The number of benzene rings is 2. The fourth-order valence-electron chi connectivity index (χ4n) is 2.53. The highest BCUT2D eigenvalue weighted by molar-refractivity contribution is 9.08. The second kappa shape index (κ2) is 5.31. The van der Waals surface area contributed by atoms with Gasteiger partial charge in [0, 0.05) is 16.4 Å². The minimum atomic E-state index is -3.58. The second-order valence-corrected chi connectivity index (χ2v) is 7.20. The van der Waals surface area contributed by atoms with Crippen molar-refractivity contribution in [3.05, 3.63) is 65.9 Å². The number of rotatable bonds is 3. The first-order valence-corrected chi connectivity index (χ1v) is 9.08. The number of aryl methyl sites for hydroxylation is 1. The predicted octanol–water partition coefficient (Wildman–Crippen LogP) is 4.08. The van der Waals surface area contributed by atoms with E-state index in [1.807, 2.05) is 37.3 Å². The highest BCUT2D eigenvalue weighted by Crippen LogP contribution is 2.28. The van der Waals surface area contributed by atoms with Gasteiger partial charge in [0.1, 0.15) is 0 Å². The monoisotopic (exact) mass is 363 g/mol. The van der Waals surface area contributed by atoms with Gasteiger partial charge in [-0.25, -0.2) is 12.4 Å². The normalized spacial score (nSPS) is 11.9. The molecule has 0 saturated heterocycles. The average Bonchev–Trinajstić information content (AvgIpc) is 2.84. The van der Waals surface area contributed by atoms with Gasteiger partial charge in [-0.1, -0.05) is 46.3 Å². The minimum Gasteiger partial charge on any atom is -0.238 e. The van der Waals surface area contributed by atoms with E-state index in [1.165, 1.54) is 3.97 Å². The van der Waals surface area contributed by atoms with Crippen LogP contribution in [0.4, 0.5) is 0 Å². The Bertz CT molecular complexity index is 899. The van der Waals surface area contributed by atoms with Gasteiger partial charge in [0.25, 0.3) is 10.0 Å². The summed E-state index contributed by atoms with van der Waals surface area (Å²) in [6.07, 6.45) is 0. The Balaban J connectivity index is 2.34. The van der Waals surface area contributed by atoms with Gasteiger partial charge in [0.05, 0.1) is 10.4 Å². The Morgan fingerprint density at radius 2 is 1.76 bits per heavy atom. The van der Waals surface area contributed by atoms with E-state index in [-0.39, 0.29) is 0 Å². The number of hydrogen-bond donors (Lipinski definition) is 0. The molecule has 0 aliphatic rings. The van der Waals surface area contributed by atoms with E-state index >= 15 is 0 Å². The summed E-state index contributed by atoms with van der Waals surface area (Å²) >= 11 is 3.45. The van der Waals surface area contributed by atoms with Crippen LogP contribution in [0.3, 0.4) is 0 Å². The van der Waals surface area contributed by atoms with Crippen molar-refractivity contribution < 1.29 is 8.42 Å². The number of aromatic nitrogens is 1. The lowest BCUT2D eigenvalue weighted by Crippen LogP contribution is -2.14. The Kier molecular flexibility index (Phi) is 3.63. The SMILES string of the molecule is Cc1cc2c(CBr)cccc2n1S(=O)(=O)c1ccccc1. The average molecular weight is 364 g/mol. The maximum absolute atomic E-state index is 12.9. The molecule has 3 nitrogen and oxygen atoms in total. The lowest BCUT2D eigenvalue weighted by atomic mass is 10.1. The van der Waals surface area contributed by atoms with E-state index in [0.717, 1.165) is 10.9 Å². The fraction of sp³-hybridized carbons (Fsp3) is 0.125. The zero-order chi connectivity index (χ0) is 15.0. The Labute approximate surface area is 132 Å². The van der Waals surface area contributed by atoms with Crippen molar-refractivity contribution in [1.29, 1.82) is 0 Å². The van der Waals surface area contributed by atoms with Crippen molar-refractivity contribution >= 4 is 36.9 Å². The number of halogens is 1. The molecule has 0 atom stereocenters. The summed E-state index contributed by atoms with van der Waals surface area (Å²) in [6.45, 7) is 1.82. The molecule has 0 N–H and O–H groups in total. The molecule has 0 spiro atoms. The predicted molar refractivity (Wildman–Crippen MR) is 88.3 cm³/mol. The minimum absolute atomic E-state index is 0.301. The molecule has 3 rings (SSSR count). The molecule has 0 aliphatic carbocycles. The number of hydrogen-bond acceptors (Lipinski definition) is 2. The number of alkyl halides is 1. The standard InChI is InChI=1S/C16H14BrNO2S/c1-12-10-15-13(11-17)6-5-9-16(15)18(12)21(19,20)14-7-3-2-4-8-14/h2-10H,11H2,1H3. The maximum Gasteiger partial charge on any atom is 0.268 e. The molecule has 3 aromatic rings. The first-order chi connectivity index (χ1) is 10.1. The molecular formula is C16H14BrNO2S. The smallest absolute Gasteiger partial charge is 0.238 e. The Hall–Kier alpha value is -1.59. The van der Waals surface area contributed by atoms with Crippen LogP contribution in [0, 0.1) is 6.92 Å². The molecule has 108 valence electrons. The number of nitrogens with zero attached hydrogens (tertiary/aromatic N) is 1. The lowest BCUT2D eigenvalue weighted by molar-refractivity contribution is 0.588. The van der Waals surface area contributed by atoms with E-state index in [4.69, 9.17) is 0 Å². The molecule has 5 heteroatoms. The van der Waals surface area contributed by atoms with Crippen LogP contribution >= 0.6 is 15.9 Å². The summed E-state index contributed by atoms with van der Waals surface area (Å²) in [5.41, 5.74) is 2.51. The zero-order valence-electron chi connectivity index (χ0n) is 11.5. The topological polar surface area (TPSA) is 39.1 Å². The zero-order valence-corrected chi connectivity index (χ0v) is 13.9. The van der Waals surface area contributed by atoms with Crippen molar-refractivity contribution in [3.63, 3.8) is 0 Å². The molecule has 0 aliphatic heterocycles. The van der Waals surface area contributed by atoms with Crippen molar-refractivity contribution in [2.24, 2.45) is 0 Å². The van der Waals surface area contributed by atoms with E-state index < -0.39 is 10.0 Å². The van der Waals surface area contributed by atoms with Gasteiger partial charge in [0.15, 0.2) is 0 Å². The van der Waals surface area contributed by atoms with E-state index in [9.17, 15) is 8.42 Å². The molecule has 0 unspecified atom stereocenters. The van der Waals surface area contributed by atoms with Crippen LogP contribution in [0.25, 0.3) is 10.9 Å². The highest BCUT2D eigenvalue weighted by Gasteiger charge is 2.21. The molecular weight excluding hydrogens is 350 g/mol. The summed E-state index contributed by atoms with van der Waals surface area (Å²) in [5.74, 6) is 0. The van der Waals surface area contributed by atoms with E-state index in [2.05, 4.69) is 15.9 Å². The van der Waals surface area contributed by atoms with Gasteiger partial charge in [0.2, 0.25) is 0 Å². The molecule has 2 aromatic carbocycles. The Morgan fingerprint density at radius 1 is 1.05 bits per heavy atom. The van der Waals surface area contributed by atoms with Crippen molar-refractivity contribution in [1.82, 2.24) is 3.97 Å². The third kappa shape index (κ3) is 2.30. The second-order valence-electron chi connectivity index (χ2n) is 4.85. The largest absolute Gasteiger partial charge is 0.268 e. The number of fused-ring (bicyclic) bond motifs is 1. The third-order valence-electron chi connectivity index (χ3n) is 3.49. The molecule has 0 bridgehead atoms. The first-order valence-electron chi connectivity index (χ1n) is 6.52. The molecule has 21 heavy (non-hydrogen) atoms. The van der Waals surface area contributed by atoms with Crippen molar-refractivity contribution in [2.45, 2.75) is 17.1 Å². The van der Waals surface area contributed by atoms with Crippen LogP contribution in [0.2, 0.25) is 0 Å². The maximum atomic E-state index is 12.9. The van der Waals surface area contributed by atoms with Crippen LogP contribution in [-0.4, -0.2) is 12.4 Å². The van der Waals surface area contributed by atoms with Crippen molar-refractivity contribution in [3.8, 4) is 0 Å². The Morgan fingerprint density at radius 3 is 2.43 bits per heavy atom. The quantitative estimate of drug-likeness (QED) is 0.657. The van der Waals surface area contributed by atoms with Crippen LogP contribution < -0.4 is 0 Å². The molecule has 0 saturated carbocycles. The summed E-state index contributed by atoms with van der Waals surface area (Å²) in [6, 6.07) is 16.2. The molecule has 0 radical (unpaired) electrons. The molecule has 1 heterocycles. The van der Waals surface area contributed by atoms with Crippen LogP contribution in [-0.2, 0) is 15.4 Å². The summed E-state index contributed by atoms with van der Waals surface area (Å²) in [5, 5.41) is 1.66. The van der Waals surface area contributed by atoms with Gasteiger partial charge in [-0.15, -0.1) is 0 Å². The first kappa shape index (κ1) is 14.4. The van der Waals surface area contributed by atoms with E-state index in [0.29, 0.717) is 21.4 Å². The van der Waals surface area contributed by atoms with Gasteiger partial charge >= 0.3 is 0 Å². The molecule has 0 fully saturated rings. The van der Waals surface area contributed by atoms with Crippen LogP contribution in [0.5, 0.6) is 0 Å². The third-order valence-corrected chi connectivity index (χ3v) is 5.93. The van der Waals surface area contributed by atoms with Gasteiger partial charge in [-0.3, -0.25) is 0 Å². The van der Waals surface area contributed by atoms with Crippen LogP contribution in [0.1, 0.15) is 11.3 Å². The summed E-state index contributed by atoms with van der Waals surface area (Å²) < 4.78 is 27.2. The van der Waals surface area contributed by atoms with E-state index in [1.54, 1.807) is 24.3 Å². The highest BCUT2D eigenvalue weighted by atomic mass is 79.9. The van der Waals surface area contributed by atoms with Crippen molar-refractivity contribution in [2.75, 3.05) is 0 Å². The van der Waals surface area contributed by atoms with Gasteiger partial charge < -0.3 is 0 Å². The summed E-state index contributed by atoms with van der Waals surface area (Å²) in [7, 11) is -3.58. The van der Waals surface area contributed by atoms with Gasteiger partial charge in [-0.05, 0) is 36.8 Å².